The molecule has 2 aromatic heterocycles. The number of halogens is 1. The molecule has 0 bridgehead atoms. The van der Waals surface area contributed by atoms with Gasteiger partial charge in [0.15, 0.2) is 0 Å². The maximum absolute atomic E-state index is 14.3. The van der Waals surface area contributed by atoms with E-state index in [2.05, 4.69) is 73.8 Å². The third-order valence-corrected chi connectivity index (χ3v) is 10.2. The number of fused-ring (bicyclic) bond motifs is 1. The number of benzene rings is 2. The number of alkyl halides is 1. The molecule has 43 heavy (non-hydrogen) atoms. The maximum atomic E-state index is 14.3. The largest absolute Gasteiger partial charge is 0.448 e. The summed E-state index contributed by atoms with van der Waals surface area (Å²) in [6.07, 6.45) is 10.7. The minimum Gasteiger partial charge on any atom is -0.448 e. The Hall–Kier alpha value is -2.98. The molecule has 1 atom stereocenters. The maximum Gasteiger partial charge on any atom is 0.256 e. The van der Waals surface area contributed by atoms with Gasteiger partial charge < -0.3 is 9.32 Å². The fraction of sp³-hybridized carbons (Fsp3) is 0.457. The molecule has 0 spiro atoms. The summed E-state index contributed by atoms with van der Waals surface area (Å²) in [6.45, 7) is 3.64. The van der Waals surface area contributed by atoms with Crippen LogP contribution in [0, 0.1) is 11.8 Å². The molecule has 4 aromatic rings. The second-order valence-electron chi connectivity index (χ2n) is 12.2. The smallest absolute Gasteiger partial charge is 0.256 e. The predicted octanol–water partition coefficient (Wildman–Crippen LogP) is 6.99. The quantitative estimate of drug-likeness (QED) is 0.133. The summed E-state index contributed by atoms with van der Waals surface area (Å²) in [5.41, 5.74) is 2.92. The lowest BCUT2D eigenvalue weighted by Crippen LogP contribution is -2.43. The fourth-order valence-electron chi connectivity index (χ4n) is 7.17. The topological polar surface area (TPSA) is 71.6 Å². The van der Waals surface area contributed by atoms with Crippen LogP contribution in [0.1, 0.15) is 67.9 Å². The van der Waals surface area contributed by atoms with Crippen molar-refractivity contribution in [1.82, 2.24) is 19.4 Å². The van der Waals surface area contributed by atoms with Gasteiger partial charge in [-0.05, 0) is 67.8 Å². The third kappa shape index (κ3) is 7.06. The molecular formula is C35H41IN4O3. The number of nitrogens with zero attached hydrogens (tertiary/aromatic N) is 4. The van der Waals surface area contributed by atoms with Crippen LogP contribution in [-0.2, 0) is 22.4 Å². The first-order chi connectivity index (χ1) is 21.1. The number of para-hydroxylation sites is 1. The molecule has 1 unspecified atom stereocenters. The van der Waals surface area contributed by atoms with E-state index in [9.17, 15) is 9.59 Å². The van der Waals surface area contributed by atoms with Crippen molar-refractivity contribution in [1.29, 1.82) is 0 Å². The molecule has 3 heterocycles. The van der Waals surface area contributed by atoms with Gasteiger partial charge in [-0.1, -0.05) is 90.4 Å². The van der Waals surface area contributed by atoms with Crippen molar-refractivity contribution in [3.05, 3.63) is 100 Å². The molecule has 2 aromatic carbocycles. The molecule has 1 aliphatic heterocycles. The first kappa shape index (κ1) is 30.1. The van der Waals surface area contributed by atoms with Gasteiger partial charge in [0.2, 0.25) is 11.8 Å². The Labute approximate surface area is 267 Å². The van der Waals surface area contributed by atoms with Gasteiger partial charge in [-0.25, -0.2) is 4.98 Å². The second-order valence-corrected chi connectivity index (χ2v) is 12.9. The summed E-state index contributed by atoms with van der Waals surface area (Å²) >= 11 is 2.26. The average molecular weight is 693 g/mol. The van der Waals surface area contributed by atoms with Gasteiger partial charge in [-0.2, -0.15) is 0 Å². The number of hydrogen-bond acceptors (Lipinski definition) is 5. The van der Waals surface area contributed by atoms with Crippen LogP contribution in [0.5, 0.6) is 0 Å². The molecule has 0 N–H and O–H groups in total. The Balaban J connectivity index is 1.30. The molecule has 2 fully saturated rings. The molecule has 6 rings (SSSR count). The van der Waals surface area contributed by atoms with Crippen LogP contribution in [0.15, 0.2) is 82.3 Å². The van der Waals surface area contributed by atoms with Crippen LogP contribution in [0.2, 0.25) is 0 Å². The van der Waals surface area contributed by atoms with Crippen molar-refractivity contribution in [2.75, 3.05) is 19.6 Å². The van der Waals surface area contributed by atoms with Gasteiger partial charge in [0.25, 0.3) is 5.56 Å². The van der Waals surface area contributed by atoms with E-state index in [1.807, 2.05) is 28.8 Å². The van der Waals surface area contributed by atoms with Crippen molar-refractivity contribution in [3.8, 4) is 0 Å². The Kier molecular flexibility index (Phi) is 9.93. The standard InChI is InChI=1S/C35H41IN4O3/c36-25-40-32-14-8-7-13-29(32)21-30(35(40)42)22-39(34(41)28-11-5-2-6-12-28)23-31(26-9-3-1-4-10-26)27-15-18-38(19-16-27)24-33-37-17-20-43-33/h1,3-4,7-10,13-14,17,20-21,27-28,31H,2,5-6,11-12,15-16,18-19,22-25H2. The van der Waals surface area contributed by atoms with E-state index in [0.717, 1.165) is 75.0 Å². The van der Waals surface area contributed by atoms with Crippen LogP contribution in [-0.4, -0.2) is 44.9 Å². The fourth-order valence-corrected chi connectivity index (χ4v) is 7.84. The highest BCUT2D eigenvalue weighted by Gasteiger charge is 2.33. The highest BCUT2D eigenvalue weighted by molar-refractivity contribution is 14.1. The van der Waals surface area contributed by atoms with E-state index >= 15 is 0 Å². The van der Waals surface area contributed by atoms with E-state index in [4.69, 9.17) is 4.42 Å². The molecule has 226 valence electrons. The number of carbonyl (C=O) groups is 1. The van der Waals surface area contributed by atoms with E-state index in [-0.39, 0.29) is 23.3 Å². The van der Waals surface area contributed by atoms with Crippen LogP contribution in [0.25, 0.3) is 10.9 Å². The zero-order valence-electron chi connectivity index (χ0n) is 24.7. The first-order valence-corrected chi connectivity index (χ1v) is 17.2. The molecule has 8 heteroatoms. The molecule has 1 aliphatic carbocycles. The second kappa shape index (κ2) is 14.2. The van der Waals surface area contributed by atoms with Gasteiger partial charge in [0.1, 0.15) is 6.26 Å². The SMILES string of the molecule is O=C(C1CCCCC1)N(Cc1cc2ccccc2n(CI)c1=O)CC(c1ccccc1)C1CCN(Cc2ncco2)CC1. The van der Waals surface area contributed by atoms with Crippen LogP contribution in [0.4, 0.5) is 0 Å². The van der Waals surface area contributed by atoms with Gasteiger partial charge >= 0.3 is 0 Å². The van der Waals surface area contributed by atoms with Crippen LogP contribution in [0.3, 0.4) is 0 Å². The summed E-state index contributed by atoms with van der Waals surface area (Å²) in [7, 11) is 0. The van der Waals surface area contributed by atoms with Crippen molar-refractivity contribution in [2.24, 2.45) is 11.8 Å². The van der Waals surface area contributed by atoms with Gasteiger partial charge in [0.05, 0.1) is 29.4 Å². The molecule has 1 saturated carbocycles. The Morgan fingerprint density at radius 2 is 1.74 bits per heavy atom. The van der Waals surface area contributed by atoms with Crippen LogP contribution < -0.4 is 5.56 Å². The Bertz CT molecular complexity index is 1540. The minimum absolute atomic E-state index is 0.00523. The van der Waals surface area contributed by atoms with E-state index < -0.39 is 0 Å². The summed E-state index contributed by atoms with van der Waals surface area (Å²) in [5.74, 6) is 1.66. The van der Waals surface area contributed by atoms with E-state index in [1.165, 1.54) is 12.0 Å². The van der Waals surface area contributed by atoms with Crippen molar-refractivity contribution in [2.45, 2.75) is 68.5 Å². The lowest BCUT2D eigenvalue weighted by atomic mass is 9.79. The zero-order chi connectivity index (χ0) is 29.6. The van der Waals surface area contributed by atoms with E-state index in [0.29, 0.717) is 29.1 Å². The molecule has 7 nitrogen and oxygen atoms in total. The number of amides is 1. The molecular weight excluding hydrogens is 651 g/mol. The number of pyridine rings is 1. The molecule has 1 amide bonds. The lowest BCUT2D eigenvalue weighted by molar-refractivity contribution is -0.137. The highest BCUT2D eigenvalue weighted by atomic mass is 127. The first-order valence-electron chi connectivity index (χ1n) is 15.7. The number of rotatable bonds is 10. The third-order valence-electron chi connectivity index (χ3n) is 9.51. The molecule has 1 saturated heterocycles. The van der Waals surface area contributed by atoms with Crippen LogP contribution >= 0.6 is 22.6 Å². The van der Waals surface area contributed by atoms with Gasteiger partial charge in [-0.15, -0.1) is 0 Å². The number of aromatic nitrogens is 2. The summed E-state index contributed by atoms with van der Waals surface area (Å²) in [4.78, 5) is 36.9. The van der Waals surface area contributed by atoms with Gasteiger partial charge in [0, 0.05) is 23.9 Å². The number of hydrogen-bond donors (Lipinski definition) is 0. The number of carbonyl (C=O) groups excluding carboxylic acids is 1. The molecule has 2 aliphatic rings. The molecule has 0 radical (unpaired) electrons. The number of oxazole rings is 1. The van der Waals surface area contributed by atoms with E-state index in [1.54, 1.807) is 12.5 Å². The Morgan fingerprint density at radius 3 is 2.47 bits per heavy atom. The summed E-state index contributed by atoms with van der Waals surface area (Å²) in [6, 6.07) is 20.8. The monoisotopic (exact) mass is 692 g/mol. The van der Waals surface area contributed by atoms with Crippen molar-refractivity contribution in [3.63, 3.8) is 0 Å². The number of likely N-dealkylation sites (tertiary alicyclic amines) is 1. The normalized spacial score (nSPS) is 17.7. The minimum atomic E-state index is 0.00523. The Morgan fingerprint density at radius 1 is 1.00 bits per heavy atom. The lowest BCUT2D eigenvalue weighted by Gasteiger charge is -2.39. The average Bonchev–Trinajstić information content (AvgIpc) is 3.57. The van der Waals surface area contributed by atoms with Crippen molar-refractivity contribution < 1.29 is 9.21 Å². The predicted molar refractivity (Wildman–Crippen MR) is 178 cm³/mol. The number of piperidine rings is 1. The summed E-state index contributed by atoms with van der Waals surface area (Å²) in [5, 5.41) is 1.04. The van der Waals surface area contributed by atoms with Crippen molar-refractivity contribution >= 4 is 39.4 Å². The van der Waals surface area contributed by atoms with Gasteiger partial charge in [-0.3, -0.25) is 19.1 Å². The zero-order valence-corrected chi connectivity index (χ0v) is 26.9. The highest BCUT2D eigenvalue weighted by Crippen LogP contribution is 2.35. The summed E-state index contributed by atoms with van der Waals surface area (Å²) < 4.78 is 7.91.